The second-order valence-electron chi connectivity index (χ2n) is 9.03. The van der Waals surface area contributed by atoms with Crippen LogP contribution in [-0.4, -0.2) is 57.1 Å². The molecular weight excluding hydrogens is 392 g/mol. The second kappa shape index (κ2) is 7.19. The maximum absolute atomic E-state index is 13.2. The van der Waals surface area contributed by atoms with Gasteiger partial charge in [0, 0.05) is 61.6 Å². The molecule has 3 aromatic heterocycles. The minimum Gasteiger partial charge on any atom is -0.368 e. The molecule has 3 aromatic rings. The average Bonchev–Trinajstić information content (AvgIpc) is 3.29. The Morgan fingerprint density at radius 1 is 1.19 bits per heavy atom. The second-order valence-corrected chi connectivity index (χ2v) is 9.03. The van der Waals surface area contributed by atoms with Crippen LogP contribution in [0.15, 0.2) is 24.7 Å². The van der Waals surface area contributed by atoms with E-state index in [9.17, 15) is 4.79 Å². The molecule has 5 heterocycles. The van der Waals surface area contributed by atoms with Crippen LogP contribution in [0.4, 0.5) is 22.0 Å². The number of fused-ring (bicyclic) bond motifs is 2. The van der Waals surface area contributed by atoms with Crippen LogP contribution >= 0.6 is 0 Å². The van der Waals surface area contributed by atoms with Gasteiger partial charge in [-0.15, -0.1) is 0 Å². The van der Waals surface area contributed by atoms with Crippen LogP contribution in [0, 0.1) is 13.8 Å². The van der Waals surface area contributed by atoms with Gasteiger partial charge in [0.25, 0.3) is 0 Å². The normalized spacial score (nSPS) is 17.8. The van der Waals surface area contributed by atoms with E-state index in [4.69, 9.17) is 0 Å². The predicted molar refractivity (Wildman–Crippen MR) is 121 cm³/mol. The van der Waals surface area contributed by atoms with Crippen molar-refractivity contribution in [3.63, 3.8) is 0 Å². The first-order valence-corrected chi connectivity index (χ1v) is 10.7. The number of nitrogens with zero attached hydrogens (tertiary/aromatic N) is 6. The Balaban J connectivity index is 1.40. The van der Waals surface area contributed by atoms with Gasteiger partial charge >= 0.3 is 6.03 Å². The molecule has 0 radical (unpaired) electrons. The maximum Gasteiger partial charge on any atom is 0.327 e. The van der Waals surface area contributed by atoms with Gasteiger partial charge in [-0.3, -0.25) is 9.30 Å². The number of rotatable bonds is 2. The van der Waals surface area contributed by atoms with Crippen LogP contribution in [0.25, 0.3) is 5.78 Å². The third-order valence-electron chi connectivity index (χ3n) is 6.01. The number of pyridine rings is 1. The quantitative estimate of drug-likeness (QED) is 0.662. The molecule has 0 atom stereocenters. The van der Waals surface area contributed by atoms with Crippen molar-refractivity contribution in [2.75, 3.05) is 41.3 Å². The molecule has 0 saturated carbocycles. The number of piperazine rings is 1. The van der Waals surface area contributed by atoms with E-state index in [0.717, 1.165) is 48.8 Å². The summed E-state index contributed by atoms with van der Waals surface area (Å²) in [5.74, 6) is 1.38. The fourth-order valence-corrected chi connectivity index (χ4v) is 4.54. The number of imidazole rings is 1. The molecule has 5 rings (SSSR count). The van der Waals surface area contributed by atoms with E-state index < -0.39 is 0 Å². The van der Waals surface area contributed by atoms with E-state index >= 15 is 0 Å². The molecule has 9 heteroatoms. The molecule has 2 amide bonds. The minimum absolute atomic E-state index is 0.0545. The zero-order chi connectivity index (χ0) is 21.8. The molecule has 0 bridgehead atoms. The molecule has 2 aliphatic rings. The van der Waals surface area contributed by atoms with Crippen LogP contribution < -0.4 is 20.4 Å². The van der Waals surface area contributed by atoms with E-state index in [2.05, 4.69) is 50.4 Å². The van der Waals surface area contributed by atoms with E-state index in [1.165, 1.54) is 5.69 Å². The first kappa shape index (κ1) is 19.7. The number of aryl methyl sites for hydroxylation is 2. The van der Waals surface area contributed by atoms with Crippen molar-refractivity contribution in [1.82, 2.24) is 24.7 Å². The Kier molecular flexibility index (Phi) is 4.58. The number of anilines is 3. The van der Waals surface area contributed by atoms with E-state index in [1.807, 2.05) is 36.8 Å². The molecule has 9 nitrogen and oxygen atoms in total. The summed E-state index contributed by atoms with van der Waals surface area (Å²) in [6.45, 7) is 11.7. The van der Waals surface area contributed by atoms with E-state index in [0.29, 0.717) is 18.0 Å². The van der Waals surface area contributed by atoms with E-state index in [1.54, 1.807) is 4.90 Å². The Bertz CT molecular complexity index is 1170. The molecule has 0 unspecified atom stereocenters. The number of carbonyl (C=O) groups excluding carboxylic acids is 1. The van der Waals surface area contributed by atoms with Crippen molar-refractivity contribution < 1.29 is 4.79 Å². The number of urea groups is 1. The molecule has 0 spiro atoms. The fourth-order valence-electron chi connectivity index (χ4n) is 4.54. The number of carbonyl (C=O) groups is 1. The van der Waals surface area contributed by atoms with Gasteiger partial charge in [0.2, 0.25) is 5.78 Å². The number of nitrogens with one attached hydrogen (secondary N) is 2. The van der Waals surface area contributed by atoms with Crippen LogP contribution in [0.5, 0.6) is 0 Å². The van der Waals surface area contributed by atoms with Crippen molar-refractivity contribution in [3.05, 3.63) is 41.6 Å². The first-order valence-electron chi connectivity index (χ1n) is 10.7. The number of hydrogen-bond acceptors (Lipinski definition) is 6. The molecule has 2 aliphatic heterocycles. The summed E-state index contributed by atoms with van der Waals surface area (Å²) in [6.07, 6.45) is 6.36. The van der Waals surface area contributed by atoms with Crippen LogP contribution in [0.2, 0.25) is 0 Å². The number of hydrogen-bond donors (Lipinski definition) is 2. The van der Waals surface area contributed by atoms with Gasteiger partial charge in [0.05, 0.1) is 17.1 Å². The predicted octanol–water partition coefficient (Wildman–Crippen LogP) is 2.52. The maximum atomic E-state index is 13.2. The summed E-state index contributed by atoms with van der Waals surface area (Å²) >= 11 is 0. The summed E-state index contributed by atoms with van der Waals surface area (Å²) in [5, 5.41) is 6.57. The van der Waals surface area contributed by atoms with Crippen LogP contribution in [-0.2, 0) is 6.42 Å². The monoisotopic (exact) mass is 420 g/mol. The largest absolute Gasteiger partial charge is 0.368 e. The van der Waals surface area contributed by atoms with E-state index in [-0.39, 0.29) is 11.6 Å². The van der Waals surface area contributed by atoms with Crippen molar-refractivity contribution in [2.24, 2.45) is 0 Å². The highest BCUT2D eigenvalue weighted by molar-refractivity contribution is 6.03. The Morgan fingerprint density at radius 3 is 2.84 bits per heavy atom. The standard InChI is InChI=1S/C22H28N8O/c1-14-11-29-12-17(15(2)26-20(29)25-14)27-21(31)30-9-6-16-18(5-7-23-19(16)30)28-10-8-24-22(3,4)13-28/h5,7,11-12,24H,6,8-10,13H2,1-4H3,(H,27,31). The summed E-state index contributed by atoms with van der Waals surface area (Å²) in [5.41, 5.74) is 4.67. The Labute approximate surface area is 181 Å². The molecule has 1 fully saturated rings. The minimum atomic E-state index is -0.190. The molecule has 1 saturated heterocycles. The van der Waals surface area contributed by atoms with Gasteiger partial charge in [0.1, 0.15) is 5.82 Å². The van der Waals surface area contributed by atoms with Gasteiger partial charge in [-0.1, -0.05) is 0 Å². The lowest BCUT2D eigenvalue weighted by molar-refractivity contribution is 0.257. The highest BCUT2D eigenvalue weighted by Crippen LogP contribution is 2.35. The number of aromatic nitrogens is 4. The Morgan fingerprint density at radius 2 is 2.03 bits per heavy atom. The van der Waals surface area contributed by atoms with Crippen molar-refractivity contribution >= 4 is 29.0 Å². The molecule has 162 valence electrons. The molecule has 2 N–H and O–H groups in total. The molecule has 0 aromatic carbocycles. The smallest absolute Gasteiger partial charge is 0.327 e. The summed E-state index contributed by atoms with van der Waals surface area (Å²) < 4.78 is 1.83. The van der Waals surface area contributed by atoms with Crippen LogP contribution in [0.1, 0.15) is 30.8 Å². The third-order valence-corrected chi connectivity index (χ3v) is 6.01. The van der Waals surface area contributed by atoms with Gasteiger partial charge < -0.3 is 15.5 Å². The SMILES string of the molecule is Cc1cn2cc(NC(=O)N3CCc4c(N5CCNC(C)(C)C5)ccnc43)c(C)nc2n1. The van der Waals surface area contributed by atoms with Gasteiger partial charge in [-0.05, 0) is 40.2 Å². The average molecular weight is 421 g/mol. The number of amides is 2. The summed E-state index contributed by atoms with van der Waals surface area (Å²) in [7, 11) is 0. The zero-order valence-electron chi connectivity index (χ0n) is 18.4. The molecule has 0 aliphatic carbocycles. The van der Waals surface area contributed by atoms with Gasteiger partial charge in [-0.2, -0.15) is 0 Å². The third kappa shape index (κ3) is 3.59. The molecule has 31 heavy (non-hydrogen) atoms. The molecular formula is C22H28N8O. The highest BCUT2D eigenvalue weighted by atomic mass is 16.2. The van der Waals surface area contributed by atoms with Gasteiger partial charge in [0.15, 0.2) is 0 Å². The summed E-state index contributed by atoms with van der Waals surface area (Å²) in [4.78, 5) is 30.7. The van der Waals surface area contributed by atoms with Crippen LogP contribution in [0.3, 0.4) is 0 Å². The fraction of sp³-hybridized carbons (Fsp3) is 0.455. The van der Waals surface area contributed by atoms with Gasteiger partial charge in [-0.25, -0.2) is 19.7 Å². The highest BCUT2D eigenvalue weighted by Gasteiger charge is 2.32. The lowest BCUT2D eigenvalue weighted by Crippen LogP contribution is -2.57. The lowest BCUT2D eigenvalue weighted by Gasteiger charge is -2.41. The Hall–Kier alpha value is -3.20. The first-order chi connectivity index (χ1) is 14.8. The van der Waals surface area contributed by atoms with Crippen molar-refractivity contribution in [3.8, 4) is 0 Å². The van der Waals surface area contributed by atoms with Crippen molar-refractivity contribution in [1.29, 1.82) is 0 Å². The lowest BCUT2D eigenvalue weighted by atomic mass is 10.0. The topological polar surface area (TPSA) is 90.7 Å². The van der Waals surface area contributed by atoms with Crippen molar-refractivity contribution in [2.45, 2.75) is 39.7 Å². The zero-order valence-corrected chi connectivity index (χ0v) is 18.4. The summed E-state index contributed by atoms with van der Waals surface area (Å²) in [6, 6.07) is 1.88.